The largest absolute Gasteiger partial charge is 0.393 e. The van der Waals surface area contributed by atoms with Crippen molar-refractivity contribution in [1.29, 1.82) is 0 Å². The van der Waals surface area contributed by atoms with Crippen LogP contribution in [0.3, 0.4) is 0 Å². The number of hydrogen-bond donors (Lipinski definition) is 1. The molecule has 1 rings (SSSR count). The molecule has 0 fully saturated rings. The van der Waals surface area contributed by atoms with Gasteiger partial charge in [0.25, 0.3) is 0 Å². The Kier molecular flexibility index (Phi) is 2.69. The predicted octanol–water partition coefficient (Wildman–Crippen LogP) is 1.09. The smallest absolute Gasteiger partial charge is 0.140 e. The molecule has 0 saturated heterocycles. The van der Waals surface area contributed by atoms with E-state index in [2.05, 4.69) is 16.9 Å². The van der Waals surface area contributed by atoms with Crippen molar-refractivity contribution < 1.29 is 0 Å². The average molecular weight is 163 g/mol. The number of aliphatic imine (C=N–C) groups is 1. The molecular weight excluding hydrogens is 150 g/mol. The van der Waals surface area contributed by atoms with Crippen LogP contribution >= 0.6 is 0 Å². The number of hydrogen-bond acceptors (Lipinski definition) is 2. The molecule has 0 spiro atoms. The summed E-state index contributed by atoms with van der Waals surface area (Å²) in [4.78, 5) is 6.09. The van der Waals surface area contributed by atoms with Crippen molar-refractivity contribution in [1.82, 2.24) is 10.2 Å². The minimum absolute atomic E-state index is 0.916. The second kappa shape index (κ2) is 3.76. The summed E-state index contributed by atoms with van der Waals surface area (Å²) in [6, 6.07) is 0. The van der Waals surface area contributed by atoms with E-state index in [1.54, 1.807) is 6.20 Å². The third-order valence-corrected chi connectivity index (χ3v) is 1.58. The van der Waals surface area contributed by atoms with Gasteiger partial charge in [0.15, 0.2) is 0 Å². The molecule has 0 aliphatic carbocycles. The quantitative estimate of drug-likeness (QED) is 0.660. The lowest BCUT2D eigenvalue weighted by Crippen LogP contribution is -2.17. The van der Waals surface area contributed by atoms with Crippen LogP contribution in [-0.4, -0.2) is 24.8 Å². The topological polar surface area (TPSA) is 27.6 Å². The Morgan fingerprint density at radius 2 is 2.42 bits per heavy atom. The Balaban J connectivity index is 2.91. The molecule has 0 amide bonds. The first-order valence-corrected chi connectivity index (χ1v) is 3.77. The molecular formula is C9H13N3. The standard InChI is InChI=1S/C9H13N3/c1-4-11-9-8(7-10-2)5-6-12(9)3/h4-7,10H,1H2,2-3H3/b8-7-,11-9+. The molecule has 3 nitrogen and oxygen atoms in total. The van der Waals surface area contributed by atoms with Gasteiger partial charge in [-0.15, -0.1) is 0 Å². The molecule has 1 aliphatic heterocycles. The maximum absolute atomic E-state index is 4.14. The van der Waals surface area contributed by atoms with Crippen LogP contribution in [0.15, 0.2) is 41.8 Å². The van der Waals surface area contributed by atoms with Crippen LogP contribution in [-0.2, 0) is 0 Å². The molecule has 0 aromatic carbocycles. The van der Waals surface area contributed by atoms with E-state index in [0.717, 1.165) is 11.4 Å². The minimum Gasteiger partial charge on any atom is -0.393 e. The van der Waals surface area contributed by atoms with Crippen molar-refractivity contribution in [2.24, 2.45) is 4.99 Å². The lowest BCUT2D eigenvalue weighted by atomic mass is 10.3. The fourth-order valence-corrected chi connectivity index (χ4v) is 1.06. The summed E-state index contributed by atoms with van der Waals surface area (Å²) in [5, 5.41) is 2.96. The van der Waals surface area contributed by atoms with Gasteiger partial charge in [-0.05, 0) is 6.08 Å². The van der Waals surface area contributed by atoms with E-state index in [9.17, 15) is 0 Å². The monoisotopic (exact) mass is 163 g/mol. The molecule has 12 heavy (non-hydrogen) atoms. The van der Waals surface area contributed by atoms with Gasteiger partial charge in [0.05, 0.1) is 0 Å². The van der Waals surface area contributed by atoms with Gasteiger partial charge in [0, 0.05) is 38.3 Å². The number of rotatable bonds is 2. The van der Waals surface area contributed by atoms with Crippen molar-refractivity contribution in [3.8, 4) is 0 Å². The van der Waals surface area contributed by atoms with Crippen molar-refractivity contribution in [2.45, 2.75) is 0 Å². The Morgan fingerprint density at radius 3 is 3.00 bits per heavy atom. The zero-order valence-corrected chi connectivity index (χ0v) is 7.41. The first-order valence-electron chi connectivity index (χ1n) is 3.77. The van der Waals surface area contributed by atoms with Crippen LogP contribution in [0.4, 0.5) is 0 Å². The molecule has 0 atom stereocenters. The molecule has 0 radical (unpaired) electrons. The summed E-state index contributed by atoms with van der Waals surface area (Å²) in [7, 11) is 3.82. The summed E-state index contributed by atoms with van der Waals surface area (Å²) >= 11 is 0. The van der Waals surface area contributed by atoms with E-state index in [1.807, 2.05) is 37.5 Å². The van der Waals surface area contributed by atoms with Crippen LogP contribution in [0.25, 0.3) is 0 Å². The zero-order valence-electron chi connectivity index (χ0n) is 7.41. The molecule has 1 aliphatic rings. The van der Waals surface area contributed by atoms with Gasteiger partial charge in [0.1, 0.15) is 5.84 Å². The summed E-state index contributed by atoms with van der Waals surface area (Å²) in [6.07, 6.45) is 7.41. The third-order valence-electron chi connectivity index (χ3n) is 1.58. The maximum Gasteiger partial charge on any atom is 0.140 e. The highest BCUT2D eigenvalue weighted by atomic mass is 15.2. The van der Waals surface area contributed by atoms with Crippen LogP contribution in [0.1, 0.15) is 0 Å². The molecule has 0 saturated carbocycles. The highest BCUT2D eigenvalue weighted by molar-refractivity contribution is 6.03. The highest BCUT2D eigenvalue weighted by Crippen LogP contribution is 2.12. The first kappa shape index (κ1) is 8.59. The number of amidine groups is 1. The van der Waals surface area contributed by atoms with Crippen LogP contribution in [0.2, 0.25) is 0 Å². The maximum atomic E-state index is 4.14. The van der Waals surface area contributed by atoms with E-state index < -0.39 is 0 Å². The van der Waals surface area contributed by atoms with E-state index in [0.29, 0.717) is 0 Å². The van der Waals surface area contributed by atoms with Crippen molar-refractivity contribution in [3.63, 3.8) is 0 Å². The summed E-state index contributed by atoms with van der Waals surface area (Å²) in [6.45, 7) is 3.56. The number of likely N-dealkylation sites (N-methyl/N-ethyl adjacent to an activating group) is 1. The van der Waals surface area contributed by atoms with E-state index in [-0.39, 0.29) is 0 Å². The Bertz CT molecular complexity index is 261. The van der Waals surface area contributed by atoms with Crippen LogP contribution in [0, 0.1) is 0 Å². The lowest BCUT2D eigenvalue weighted by molar-refractivity contribution is 0.704. The van der Waals surface area contributed by atoms with E-state index >= 15 is 0 Å². The van der Waals surface area contributed by atoms with Gasteiger partial charge < -0.3 is 10.2 Å². The van der Waals surface area contributed by atoms with Gasteiger partial charge in [0.2, 0.25) is 0 Å². The minimum atomic E-state index is 0.916. The molecule has 1 N–H and O–H groups in total. The highest BCUT2D eigenvalue weighted by Gasteiger charge is 2.13. The Hall–Kier alpha value is -1.51. The SMILES string of the molecule is C=C/N=C1\C(=C/NC)C=CN1C. The normalized spacial score (nSPS) is 22.3. The zero-order chi connectivity index (χ0) is 8.97. The molecule has 0 aromatic rings. The second-order valence-corrected chi connectivity index (χ2v) is 2.45. The van der Waals surface area contributed by atoms with E-state index in [4.69, 9.17) is 0 Å². The van der Waals surface area contributed by atoms with Crippen LogP contribution < -0.4 is 5.32 Å². The summed E-state index contributed by atoms with van der Waals surface area (Å²) < 4.78 is 0. The van der Waals surface area contributed by atoms with Gasteiger partial charge in [-0.3, -0.25) is 0 Å². The predicted molar refractivity (Wildman–Crippen MR) is 51.7 cm³/mol. The molecule has 1 heterocycles. The summed E-state index contributed by atoms with van der Waals surface area (Å²) in [5.74, 6) is 0.916. The van der Waals surface area contributed by atoms with Crippen molar-refractivity contribution in [3.05, 3.63) is 36.8 Å². The lowest BCUT2D eigenvalue weighted by Gasteiger charge is -2.09. The first-order chi connectivity index (χ1) is 5.79. The average Bonchev–Trinajstić information content (AvgIpc) is 2.37. The van der Waals surface area contributed by atoms with Gasteiger partial charge in [-0.1, -0.05) is 6.58 Å². The van der Waals surface area contributed by atoms with Gasteiger partial charge in [-0.2, -0.15) is 0 Å². The second-order valence-electron chi connectivity index (χ2n) is 2.45. The van der Waals surface area contributed by atoms with Crippen molar-refractivity contribution >= 4 is 5.84 Å². The molecule has 64 valence electrons. The van der Waals surface area contributed by atoms with E-state index in [1.165, 1.54) is 0 Å². The molecule has 0 unspecified atom stereocenters. The molecule has 0 aromatic heterocycles. The van der Waals surface area contributed by atoms with Crippen LogP contribution in [0.5, 0.6) is 0 Å². The third kappa shape index (κ3) is 1.56. The fourth-order valence-electron chi connectivity index (χ4n) is 1.06. The Morgan fingerprint density at radius 1 is 1.67 bits per heavy atom. The fraction of sp³-hybridized carbons (Fsp3) is 0.222. The van der Waals surface area contributed by atoms with Crippen molar-refractivity contribution in [2.75, 3.05) is 14.1 Å². The summed E-state index contributed by atoms with van der Waals surface area (Å²) in [5.41, 5.74) is 1.07. The number of nitrogens with one attached hydrogen (secondary N) is 1. The number of nitrogens with zero attached hydrogens (tertiary/aromatic N) is 2. The molecule has 0 bridgehead atoms. The van der Waals surface area contributed by atoms with Gasteiger partial charge >= 0.3 is 0 Å². The van der Waals surface area contributed by atoms with Gasteiger partial charge in [-0.25, -0.2) is 4.99 Å². The Labute approximate surface area is 72.8 Å². The molecule has 3 heteroatoms.